The summed E-state index contributed by atoms with van der Waals surface area (Å²) < 4.78 is 5.60. The molecule has 0 saturated carbocycles. The van der Waals surface area contributed by atoms with E-state index >= 15 is 0 Å². The van der Waals surface area contributed by atoms with E-state index in [0.29, 0.717) is 19.6 Å². The maximum absolute atomic E-state index is 12.0. The van der Waals surface area contributed by atoms with Crippen LogP contribution in [0.15, 0.2) is 30.3 Å². The van der Waals surface area contributed by atoms with Gasteiger partial charge in [-0.3, -0.25) is 4.79 Å². The van der Waals surface area contributed by atoms with Crippen molar-refractivity contribution in [3.63, 3.8) is 0 Å². The quantitative estimate of drug-likeness (QED) is 0.766. The minimum absolute atomic E-state index is 0.0501. The summed E-state index contributed by atoms with van der Waals surface area (Å²) in [4.78, 5) is 12.0. The average Bonchev–Trinajstić information content (AvgIpc) is 2.39. The maximum atomic E-state index is 12.0. The molecule has 0 spiro atoms. The second-order valence-corrected chi connectivity index (χ2v) is 5.54. The second-order valence-electron chi connectivity index (χ2n) is 5.54. The highest BCUT2D eigenvalue weighted by Gasteiger charge is 2.27. The predicted octanol–water partition coefficient (Wildman–Crippen LogP) is 2.23. The van der Waals surface area contributed by atoms with Crippen LogP contribution in [0.5, 0.6) is 0 Å². The van der Waals surface area contributed by atoms with E-state index in [1.165, 1.54) is 0 Å². The van der Waals surface area contributed by atoms with Gasteiger partial charge in [0.2, 0.25) is 5.91 Å². The Balaban J connectivity index is 2.30. The van der Waals surface area contributed by atoms with Crippen molar-refractivity contribution in [2.75, 3.05) is 6.61 Å². The van der Waals surface area contributed by atoms with Crippen molar-refractivity contribution in [1.82, 2.24) is 5.32 Å². The number of hydrogen-bond acceptors (Lipinski definition) is 3. The summed E-state index contributed by atoms with van der Waals surface area (Å²) in [5.41, 5.74) is 6.31. The third-order valence-corrected chi connectivity index (χ3v) is 3.14. The number of nitrogens with one attached hydrogen (secondary N) is 1. The van der Waals surface area contributed by atoms with Crippen molar-refractivity contribution in [3.05, 3.63) is 35.9 Å². The SMILES string of the molecule is CCCC(C)(N)C(=O)NC(C)COCc1ccccc1. The lowest BCUT2D eigenvalue weighted by molar-refractivity contribution is -0.127. The van der Waals surface area contributed by atoms with Crippen molar-refractivity contribution in [2.45, 2.75) is 51.8 Å². The van der Waals surface area contributed by atoms with Crippen molar-refractivity contribution in [1.29, 1.82) is 0 Å². The minimum atomic E-state index is -0.803. The summed E-state index contributed by atoms with van der Waals surface area (Å²) in [5, 5.41) is 2.90. The van der Waals surface area contributed by atoms with Gasteiger partial charge in [0, 0.05) is 6.04 Å². The minimum Gasteiger partial charge on any atom is -0.375 e. The van der Waals surface area contributed by atoms with E-state index in [1.54, 1.807) is 6.92 Å². The lowest BCUT2D eigenvalue weighted by Gasteiger charge is -2.25. The monoisotopic (exact) mass is 278 g/mol. The fraction of sp³-hybridized carbons (Fsp3) is 0.562. The Labute approximate surface area is 121 Å². The van der Waals surface area contributed by atoms with Gasteiger partial charge in [-0.1, -0.05) is 43.7 Å². The van der Waals surface area contributed by atoms with Crippen molar-refractivity contribution < 1.29 is 9.53 Å². The first-order valence-corrected chi connectivity index (χ1v) is 7.17. The van der Waals surface area contributed by atoms with Crippen LogP contribution in [0.4, 0.5) is 0 Å². The molecule has 3 N–H and O–H groups in total. The molecule has 1 aromatic rings. The molecule has 112 valence electrons. The largest absolute Gasteiger partial charge is 0.375 e. The van der Waals surface area contributed by atoms with Gasteiger partial charge in [-0.05, 0) is 25.8 Å². The highest BCUT2D eigenvalue weighted by molar-refractivity contribution is 5.85. The van der Waals surface area contributed by atoms with Gasteiger partial charge in [0.25, 0.3) is 0 Å². The Bertz CT molecular complexity index is 404. The van der Waals surface area contributed by atoms with E-state index < -0.39 is 5.54 Å². The van der Waals surface area contributed by atoms with E-state index in [4.69, 9.17) is 10.5 Å². The average molecular weight is 278 g/mol. The molecule has 2 unspecified atom stereocenters. The summed E-state index contributed by atoms with van der Waals surface area (Å²) in [6, 6.07) is 9.92. The zero-order valence-corrected chi connectivity index (χ0v) is 12.7. The molecule has 0 radical (unpaired) electrons. The fourth-order valence-electron chi connectivity index (χ4n) is 1.99. The third-order valence-electron chi connectivity index (χ3n) is 3.14. The van der Waals surface area contributed by atoms with Crippen LogP contribution in [-0.4, -0.2) is 24.1 Å². The van der Waals surface area contributed by atoms with Gasteiger partial charge in [0.15, 0.2) is 0 Å². The molecular formula is C16H26N2O2. The summed E-state index contributed by atoms with van der Waals surface area (Å²) in [6.45, 7) is 6.73. The molecule has 1 amide bonds. The van der Waals surface area contributed by atoms with Gasteiger partial charge in [-0.25, -0.2) is 0 Å². The van der Waals surface area contributed by atoms with Crippen LogP contribution < -0.4 is 11.1 Å². The highest BCUT2D eigenvalue weighted by atomic mass is 16.5. The predicted molar refractivity (Wildman–Crippen MR) is 81.2 cm³/mol. The molecule has 0 saturated heterocycles. The standard InChI is InChI=1S/C16H26N2O2/c1-4-10-16(3,17)15(19)18-13(2)11-20-12-14-8-6-5-7-9-14/h5-9,13H,4,10-12,17H2,1-3H3,(H,18,19). The van der Waals surface area contributed by atoms with Crippen LogP contribution in [-0.2, 0) is 16.1 Å². The van der Waals surface area contributed by atoms with Crippen LogP contribution in [0.3, 0.4) is 0 Å². The van der Waals surface area contributed by atoms with Gasteiger partial charge in [-0.15, -0.1) is 0 Å². The summed E-state index contributed by atoms with van der Waals surface area (Å²) >= 11 is 0. The molecule has 0 aliphatic rings. The van der Waals surface area contributed by atoms with Crippen molar-refractivity contribution in [3.8, 4) is 0 Å². The molecule has 1 rings (SSSR count). The van der Waals surface area contributed by atoms with Crippen LogP contribution >= 0.6 is 0 Å². The zero-order valence-electron chi connectivity index (χ0n) is 12.7. The molecule has 20 heavy (non-hydrogen) atoms. The van der Waals surface area contributed by atoms with E-state index in [9.17, 15) is 4.79 Å². The number of nitrogens with two attached hydrogens (primary N) is 1. The number of carbonyl (C=O) groups is 1. The summed E-state index contributed by atoms with van der Waals surface area (Å²) in [6.07, 6.45) is 1.57. The summed E-state index contributed by atoms with van der Waals surface area (Å²) in [5.74, 6) is -0.116. The molecule has 0 aromatic heterocycles. The number of amides is 1. The van der Waals surface area contributed by atoms with Crippen LogP contribution in [0.2, 0.25) is 0 Å². The van der Waals surface area contributed by atoms with Crippen LogP contribution in [0.1, 0.15) is 39.2 Å². The Morgan fingerprint density at radius 1 is 1.40 bits per heavy atom. The number of carbonyl (C=O) groups excluding carboxylic acids is 1. The van der Waals surface area contributed by atoms with E-state index in [2.05, 4.69) is 5.32 Å². The van der Waals surface area contributed by atoms with Gasteiger partial charge >= 0.3 is 0 Å². The first kappa shape index (κ1) is 16.7. The topological polar surface area (TPSA) is 64.4 Å². The molecule has 0 aliphatic carbocycles. The lowest BCUT2D eigenvalue weighted by Crippen LogP contribution is -2.54. The first-order chi connectivity index (χ1) is 9.45. The summed E-state index contributed by atoms with van der Waals surface area (Å²) in [7, 11) is 0. The third kappa shape index (κ3) is 5.72. The number of benzene rings is 1. The Morgan fingerprint density at radius 2 is 2.05 bits per heavy atom. The smallest absolute Gasteiger partial charge is 0.240 e. The van der Waals surface area contributed by atoms with Gasteiger partial charge < -0.3 is 15.8 Å². The molecule has 0 aliphatic heterocycles. The van der Waals surface area contributed by atoms with Crippen molar-refractivity contribution in [2.24, 2.45) is 5.73 Å². The molecule has 2 atom stereocenters. The Kier molecular flexibility index (Phi) is 6.68. The van der Waals surface area contributed by atoms with Gasteiger partial charge in [0.05, 0.1) is 18.8 Å². The van der Waals surface area contributed by atoms with Crippen LogP contribution in [0, 0.1) is 0 Å². The lowest BCUT2D eigenvalue weighted by atomic mass is 9.96. The van der Waals surface area contributed by atoms with Gasteiger partial charge in [-0.2, -0.15) is 0 Å². The second kappa shape index (κ2) is 8.02. The van der Waals surface area contributed by atoms with Crippen LogP contribution in [0.25, 0.3) is 0 Å². The number of ether oxygens (including phenoxy) is 1. The Hall–Kier alpha value is -1.39. The molecule has 1 aromatic carbocycles. The highest BCUT2D eigenvalue weighted by Crippen LogP contribution is 2.09. The maximum Gasteiger partial charge on any atom is 0.240 e. The van der Waals surface area contributed by atoms with E-state index in [-0.39, 0.29) is 11.9 Å². The van der Waals surface area contributed by atoms with E-state index in [1.807, 2.05) is 44.2 Å². The fourth-order valence-corrected chi connectivity index (χ4v) is 1.99. The normalized spacial score (nSPS) is 15.4. The van der Waals surface area contributed by atoms with Gasteiger partial charge in [0.1, 0.15) is 0 Å². The molecule has 4 heteroatoms. The molecule has 0 fully saturated rings. The number of rotatable bonds is 8. The molecule has 4 nitrogen and oxygen atoms in total. The molecular weight excluding hydrogens is 252 g/mol. The molecule has 0 heterocycles. The number of hydrogen-bond donors (Lipinski definition) is 2. The molecule has 0 bridgehead atoms. The zero-order chi connectivity index (χ0) is 15.0. The van der Waals surface area contributed by atoms with Crippen molar-refractivity contribution >= 4 is 5.91 Å². The first-order valence-electron chi connectivity index (χ1n) is 7.17. The van der Waals surface area contributed by atoms with E-state index in [0.717, 1.165) is 12.0 Å². The Morgan fingerprint density at radius 3 is 2.65 bits per heavy atom.